The lowest BCUT2D eigenvalue weighted by Gasteiger charge is -2.21. The summed E-state index contributed by atoms with van der Waals surface area (Å²) in [6.07, 6.45) is 3.89. The number of pyridine rings is 1. The lowest BCUT2D eigenvalue weighted by Crippen LogP contribution is -2.04. The van der Waals surface area contributed by atoms with E-state index in [9.17, 15) is 0 Å². The molecule has 2 aliphatic rings. The third-order valence-electron chi connectivity index (χ3n) is 5.39. The molecule has 23 heavy (non-hydrogen) atoms. The van der Waals surface area contributed by atoms with E-state index < -0.39 is 0 Å². The van der Waals surface area contributed by atoms with E-state index >= 15 is 0 Å². The smallest absolute Gasteiger partial charge is 0.0747 e. The zero-order valence-electron chi connectivity index (χ0n) is 12.5. The molecule has 0 N–H and O–H groups in total. The Morgan fingerprint density at radius 1 is 0.957 bits per heavy atom. The van der Waals surface area contributed by atoms with Gasteiger partial charge in [0.2, 0.25) is 0 Å². The van der Waals surface area contributed by atoms with E-state index in [4.69, 9.17) is 16.6 Å². The van der Waals surface area contributed by atoms with Gasteiger partial charge in [0.25, 0.3) is 0 Å². The number of halogens is 2. The van der Waals surface area contributed by atoms with Gasteiger partial charge in [-0.25, -0.2) is 4.98 Å². The van der Waals surface area contributed by atoms with Crippen molar-refractivity contribution in [3.63, 3.8) is 0 Å². The van der Waals surface area contributed by atoms with Crippen molar-refractivity contribution in [2.75, 3.05) is 0 Å². The van der Waals surface area contributed by atoms with Gasteiger partial charge in [-0.1, -0.05) is 39.7 Å². The van der Waals surface area contributed by atoms with Gasteiger partial charge in [-0.05, 0) is 72.6 Å². The first kappa shape index (κ1) is 14.0. The number of aromatic nitrogens is 1. The average Bonchev–Trinajstić information content (AvgIpc) is 3.17. The van der Waals surface area contributed by atoms with Crippen LogP contribution in [0.15, 0.2) is 46.9 Å². The van der Waals surface area contributed by atoms with Gasteiger partial charge in [-0.3, -0.25) is 0 Å². The van der Waals surface area contributed by atoms with E-state index in [1.54, 1.807) is 0 Å². The first-order valence-corrected chi connectivity index (χ1v) is 9.27. The van der Waals surface area contributed by atoms with Gasteiger partial charge >= 0.3 is 0 Å². The Morgan fingerprint density at radius 3 is 2.48 bits per heavy atom. The SMILES string of the molecule is Clc1ccc2nc(-c3ccc(Br)cc3)c3c(c2c1)[C@@H]1CC[C@H]3C1. The van der Waals surface area contributed by atoms with E-state index in [-0.39, 0.29) is 0 Å². The van der Waals surface area contributed by atoms with Crippen molar-refractivity contribution in [2.45, 2.75) is 31.1 Å². The second kappa shape index (κ2) is 5.06. The predicted octanol–water partition coefficient (Wildman–Crippen LogP) is 6.68. The number of benzene rings is 2. The van der Waals surface area contributed by atoms with Gasteiger partial charge in [0.05, 0.1) is 11.2 Å². The number of hydrogen-bond acceptors (Lipinski definition) is 1. The Kier molecular flexibility index (Phi) is 3.08. The third kappa shape index (κ3) is 2.08. The Labute approximate surface area is 148 Å². The minimum absolute atomic E-state index is 0.671. The number of nitrogens with zero attached hydrogens (tertiary/aromatic N) is 1. The quantitative estimate of drug-likeness (QED) is 0.456. The minimum Gasteiger partial charge on any atom is -0.247 e. The standard InChI is InChI=1S/C20H15BrClN/c21-14-5-3-11(4-6-14)20-19-13-2-1-12(9-13)18(19)16-10-15(22)7-8-17(16)23-20/h3-8,10,12-13H,1-2,9H2/t12-,13+/m1/s1. The molecule has 0 unspecified atom stereocenters. The highest BCUT2D eigenvalue weighted by Gasteiger charge is 2.40. The van der Waals surface area contributed by atoms with Gasteiger partial charge < -0.3 is 0 Å². The van der Waals surface area contributed by atoms with Crippen LogP contribution in [0.1, 0.15) is 42.2 Å². The normalized spacial score (nSPS) is 21.8. The van der Waals surface area contributed by atoms with Crippen LogP contribution in [-0.4, -0.2) is 4.98 Å². The van der Waals surface area contributed by atoms with E-state index in [0.717, 1.165) is 15.0 Å². The van der Waals surface area contributed by atoms with Crippen LogP contribution < -0.4 is 0 Å². The fraction of sp³-hybridized carbons (Fsp3) is 0.250. The van der Waals surface area contributed by atoms with Crippen LogP contribution in [-0.2, 0) is 0 Å². The fourth-order valence-corrected chi connectivity index (χ4v) is 4.90. The molecule has 0 spiro atoms. The number of rotatable bonds is 1. The molecule has 0 aliphatic heterocycles. The highest BCUT2D eigenvalue weighted by molar-refractivity contribution is 9.10. The van der Waals surface area contributed by atoms with Crippen LogP contribution in [0.2, 0.25) is 5.02 Å². The molecule has 0 amide bonds. The monoisotopic (exact) mass is 383 g/mol. The fourth-order valence-electron chi connectivity index (χ4n) is 4.46. The molecule has 3 heteroatoms. The molecule has 1 heterocycles. The van der Waals surface area contributed by atoms with Crippen molar-refractivity contribution in [1.29, 1.82) is 0 Å². The van der Waals surface area contributed by atoms with Gasteiger partial charge in [-0.2, -0.15) is 0 Å². The van der Waals surface area contributed by atoms with Gasteiger partial charge in [0.1, 0.15) is 0 Å². The van der Waals surface area contributed by atoms with Crippen molar-refractivity contribution >= 4 is 38.4 Å². The van der Waals surface area contributed by atoms with Crippen LogP contribution in [0.3, 0.4) is 0 Å². The number of fused-ring (bicyclic) bond motifs is 7. The second-order valence-corrected chi connectivity index (χ2v) is 8.02. The summed E-state index contributed by atoms with van der Waals surface area (Å²) >= 11 is 9.79. The lowest BCUT2D eigenvalue weighted by atomic mass is 9.86. The molecule has 1 aromatic heterocycles. The molecule has 114 valence electrons. The van der Waals surface area contributed by atoms with Gasteiger partial charge in [0, 0.05) is 20.4 Å². The van der Waals surface area contributed by atoms with Gasteiger partial charge in [-0.15, -0.1) is 0 Å². The van der Waals surface area contributed by atoms with Crippen molar-refractivity contribution in [2.24, 2.45) is 0 Å². The van der Waals surface area contributed by atoms with Crippen LogP contribution in [0, 0.1) is 0 Å². The molecule has 1 saturated carbocycles. The summed E-state index contributed by atoms with van der Waals surface area (Å²) in [5.41, 5.74) is 6.46. The maximum atomic E-state index is 6.26. The summed E-state index contributed by atoms with van der Waals surface area (Å²) < 4.78 is 1.10. The highest BCUT2D eigenvalue weighted by atomic mass is 79.9. The zero-order chi connectivity index (χ0) is 15.6. The summed E-state index contributed by atoms with van der Waals surface area (Å²) in [7, 11) is 0. The average molecular weight is 385 g/mol. The summed E-state index contributed by atoms with van der Waals surface area (Å²) in [5.74, 6) is 1.36. The van der Waals surface area contributed by atoms with Crippen molar-refractivity contribution < 1.29 is 0 Å². The van der Waals surface area contributed by atoms with Crippen molar-refractivity contribution in [3.8, 4) is 11.3 Å². The number of hydrogen-bond donors (Lipinski definition) is 0. The molecule has 2 atom stereocenters. The molecule has 0 radical (unpaired) electrons. The molecule has 2 bridgehead atoms. The molecule has 3 aromatic rings. The maximum absolute atomic E-state index is 6.26. The van der Waals surface area contributed by atoms with E-state index in [1.165, 1.54) is 47.0 Å². The molecular formula is C20H15BrClN. The van der Waals surface area contributed by atoms with Crippen LogP contribution in [0.5, 0.6) is 0 Å². The van der Waals surface area contributed by atoms with E-state index in [2.05, 4.69) is 52.3 Å². The minimum atomic E-state index is 0.671. The van der Waals surface area contributed by atoms with Crippen LogP contribution in [0.25, 0.3) is 22.2 Å². The summed E-state index contributed by atoms with van der Waals surface area (Å²) in [6.45, 7) is 0. The predicted molar refractivity (Wildman–Crippen MR) is 99.2 cm³/mol. The third-order valence-corrected chi connectivity index (χ3v) is 6.16. The van der Waals surface area contributed by atoms with Crippen LogP contribution >= 0.6 is 27.5 Å². The summed E-state index contributed by atoms with van der Waals surface area (Å²) in [6, 6.07) is 14.6. The molecule has 5 rings (SSSR count). The zero-order valence-corrected chi connectivity index (χ0v) is 14.9. The summed E-state index contributed by atoms with van der Waals surface area (Å²) in [5, 5.41) is 2.07. The van der Waals surface area contributed by atoms with E-state index in [0.29, 0.717) is 11.8 Å². The topological polar surface area (TPSA) is 12.9 Å². The largest absolute Gasteiger partial charge is 0.247 e. The Bertz CT molecular complexity index is 933. The lowest BCUT2D eigenvalue weighted by molar-refractivity contribution is 0.720. The molecule has 2 aromatic carbocycles. The van der Waals surface area contributed by atoms with Crippen LogP contribution in [0.4, 0.5) is 0 Å². The highest BCUT2D eigenvalue weighted by Crippen LogP contribution is 2.57. The molecule has 0 saturated heterocycles. The van der Waals surface area contributed by atoms with E-state index in [1.807, 2.05) is 6.07 Å². The Morgan fingerprint density at radius 2 is 1.70 bits per heavy atom. The first-order chi connectivity index (χ1) is 11.2. The molecular weight excluding hydrogens is 370 g/mol. The Balaban J connectivity index is 1.85. The summed E-state index contributed by atoms with van der Waals surface area (Å²) in [4.78, 5) is 5.03. The molecule has 1 fully saturated rings. The molecule has 2 aliphatic carbocycles. The van der Waals surface area contributed by atoms with Crippen molar-refractivity contribution in [1.82, 2.24) is 4.98 Å². The van der Waals surface area contributed by atoms with Gasteiger partial charge in [0.15, 0.2) is 0 Å². The maximum Gasteiger partial charge on any atom is 0.0747 e. The van der Waals surface area contributed by atoms with Crippen molar-refractivity contribution in [3.05, 3.63) is 63.1 Å². The Hall–Kier alpha value is -1.38. The molecule has 1 nitrogen and oxygen atoms in total. The second-order valence-electron chi connectivity index (χ2n) is 6.66. The first-order valence-electron chi connectivity index (χ1n) is 8.09.